The molecule has 0 amide bonds. The number of hydrogen-bond acceptors (Lipinski definition) is 6. The molecule has 3 aromatic carbocycles. The molecule has 0 aliphatic heterocycles. The van der Waals surface area contributed by atoms with E-state index in [0.717, 1.165) is 5.39 Å². The molecule has 8 heteroatoms. The predicted octanol–water partition coefficient (Wildman–Crippen LogP) is 3.79. The standard InChI is InChI=1S/C16H13N3O4S/c17-11-5-3-4-10-8-9-13(16(20)15(10)11)19-18-12-6-1-2-7-14(12)24(21,22)23/h1-9,20H,17H2,(H,21,22,23). The zero-order valence-electron chi connectivity index (χ0n) is 12.3. The van der Waals surface area contributed by atoms with Gasteiger partial charge in [-0.1, -0.05) is 30.3 Å². The molecule has 0 heterocycles. The third-order valence-corrected chi connectivity index (χ3v) is 4.34. The Morgan fingerprint density at radius 1 is 0.875 bits per heavy atom. The highest BCUT2D eigenvalue weighted by atomic mass is 32.2. The Morgan fingerprint density at radius 2 is 1.58 bits per heavy atom. The van der Waals surface area contributed by atoms with Gasteiger partial charge in [0, 0.05) is 11.1 Å². The van der Waals surface area contributed by atoms with Crippen molar-refractivity contribution in [3.05, 3.63) is 54.6 Å². The van der Waals surface area contributed by atoms with Crippen LogP contribution in [0.2, 0.25) is 0 Å². The molecule has 0 spiro atoms. The molecule has 0 unspecified atom stereocenters. The first-order valence-corrected chi connectivity index (χ1v) is 8.30. The summed E-state index contributed by atoms with van der Waals surface area (Å²) in [4.78, 5) is -0.367. The van der Waals surface area contributed by atoms with Crippen LogP contribution < -0.4 is 5.73 Å². The normalized spacial score (nSPS) is 12.0. The van der Waals surface area contributed by atoms with Crippen LogP contribution in [0.15, 0.2) is 69.7 Å². The number of hydrogen-bond donors (Lipinski definition) is 3. The number of phenols is 1. The van der Waals surface area contributed by atoms with Gasteiger partial charge in [0.05, 0.1) is 0 Å². The maximum atomic E-state index is 11.3. The molecule has 0 aliphatic carbocycles. The molecule has 7 nitrogen and oxygen atoms in total. The van der Waals surface area contributed by atoms with Gasteiger partial charge >= 0.3 is 0 Å². The molecule has 3 rings (SSSR count). The Bertz CT molecular complexity index is 1060. The minimum absolute atomic E-state index is 0.0412. The summed E-state index contributed by atoms with van der Waals surface area (Å²) in [5, 5.41) is 19.2. The first-order chi connectivity index (χ1) is 11.4. The second-order valence-electron chi connectivity index (χ2n) is 5.02. The number of nitrogen functional groups attached to an aromatic ring is 1. The van der Waals surface area contributed by atoms with Crippen LogP contribution in [0.3, 0.4) is 0 Å². The lowest BCUT2D eigenvalue weighted by Gasteiger charge is -2.06. The summed E-state index contributed by atoms with van der Waals surface area (Å²) in [5.41, 5.74) is 6.35. The molecule has 122 valence electrons. The number of rotatable bonds is 3. The zero-order valence-corrected chi connectivity index (χ0v) is 13.1. The fourth-order valence-corrected chi connectivity index (χ4v) is 2.95. The second-order valence-corrected chi connectivity index (χ2v) is 6.41. The quantitative estimate of drug-likeness (QED) is 0.379. The van der Waals surface area contributed by atoms with Gasteiger partial charge in [0.1, 0.15) is 16.3 Å². The van der Waals surface area contributed by atoms with Crippen LogP contribution in [0.5, 0.6) is 5.75 Å². The maximum Gasteiger partial charge on any atom is 0.296 e. The second kappa shape index (κ2) is 5.91. The first kappa shape index (κ1) is 15.9. The van der Waals surface area contributed by atoms with Crippen LogP contribution in [0, 0.1) is 0 Å². The van der Waals surface area contributed by atoms with Gasteiger partial charge in [0.25, 0.3) is 10.1 Å². The number of anilines is 1. The van der Waals surface area contributed by atoms with E-state index in [0.29, 0.717) is 11.1 Å². The maximum absolute atomic E-state index is 11.3. The number of aromatic hydroxyl groups is 1. The van der Waals surface area contributed by atoms with Crippen molar-refractivity contribution < 1.29 is 18.1 Å². The molecule has 0 saturated heterocycles. The fraction of sp³-hybridized carbons (Fsp3) is 0. The highest BCUT2D eigenvalue weighted by Gasteiger charge is 2.15. The Hall–Kier alpha value is -2.97. The van der Waals surface area contributed by atoms with E-state index in [9.17, 15) is 18.1 Å². The topological polar surface area (TPSA) is 125 Å². The molecule has 0 aromatic heterocycles. The third kappa shape index (κ3) is 2.92. The average Bonchev–Trinajstić information content (AvgIpc) is 2.54. The van der Waals surface area contributed by atoms with Crippen molar-refractivity contribution in [3.8, 4) is 5.75 Å². The summed E-state index contributed by atoms with van der Waals surface area (Å²) in [6.45, 7) is 0. The first-order valence-electron chi connectivity index (χ1n) is 6.86. The van der Waals surface area contributed by atoms with Crippen molar-refractivity contribution in [1.82, 2.24) is 0 Å². The predicted molar refractivity (Wildman–Crippen MR) is 90.5 cm³/mol. The number of benzene rings is 3. The van der Waals surface area contributed by atoms with E-state index in [1.807, 2.05) is 0 Å². The van der Waals surface area contributed by atoms with Crippen molar-refractivity contribution in [3.63, 3.8) is 0 Å². The van der Waals surface area contributed by atoms with E-state index in [4.69, 9.17) is 5.73 Å². The molecule has 24 heavy (non-hydrogen) atoms. The Kier molecular flexibility index (Phi) is 3.92. The molecular formula is C16H13N3O4S. The van der Waals surface area contributed by atoms with Crippen LogP contribution >= 0.6 is 0 Å². The van der Waals surface area contributed by atoms with E-state index < -0.39 is 10.1 Å². The van der Waals surface area contributed by atoms with Crippen molar-refractivity contribution >= 4 is 38.0 Å². The molecule has 0 saturated carbocycles. The number of nitrogens with two attached hydrogens (primary N) is 1. The minimum atomic E-state index is -4.43. The number of azo groups is 1. The van der Waals surface area contributed by atoms with Gasteiger partial charge in [0.15, 0.2) is 5.75 Å². The lowest BCUT2D eigenvalue weighted by Crippen LogP contribution is -1.97. The molecule has 0 aliphatic rings. The smallest absolute Gasteiger partial charge is 0.296 e. The molecule has 0 radical (unpaired) electrons. The SMILES string of the molecule is Nc1cccc2ccc(N=Nc3ccccc3S(=O)(=O)O)c(O)c12. The summed E-state index contributed by atoms with van der Waals surface area (Å²) in [6, 6.07) is 14.1. The Morgan fingerprint density at radius 3 is 2.33 bits per heavy atom. The number of fused-ring (bicyclic) bond motifs is 1. The largest absolute Gasteiger partial charge is 0.505 e. The molecular weight excluding hydrogens is 330 g/mol. The number of nitrogens with zero attached hydrogens (tertiary/aromatic N) is 2. The third-order valence-electron chi connectivity index (χ3n) is 3.44. The summed E-state index contributed by atoms with van der Waals surface area (Å²) < 4.78 is 31.9. The van der Waals surface area contributed by atoms with E-state index in [-0.39, 0.29) is 22.0 Å². The summed E-state index contributed by atoms with van der Waals surface area (Å²) in [5.74, 6) is -0.154. The Balaban J connectivity index is 2.10. The van der Waals surface area contributed by atoms with Gasteiger partial charge in [-0.25, -0.2) is 0 Å². The van der Waals surface area contributed by atoms with E-state index in [1.165, 1.54) is 24.3 Å². The highest BCUT2D eigenvalue weighted by molar-refractivity contribution is 7.86. The van der Waals surface area contributed by atoms with Crippen LogP contribution in [0.4, 0.5) is 17.1 Å². The van der Waals surface area contributed by atoms with Gasteiger partial charge in [-0.2, -0.15) is 8.42 Å². The highest BCUT2D eigenvalue weighted by Crippen LogP contribution is 2.38. The van der Waals surface area contributed by atoms with Crippen molar-refractivity contribution in [2.75, 3.05) is 5.73 Å². The van der Waals surface area contributed by atoms with Gasteiger partial charge in [-0.3, -0.25) is 4.55 Å². The molecule has 0 atom stereocenters. The summed E-state index contributed by atoms with van der Waals surface area (Å²) >= 11 is 0. The van der Waals surface area contributed by atoms with Crippen LogP contribution in [-0.4, -0.2) is 18.1 Å². The molecule has 3 aromatic rings. The van der Waals surface area contributed by atoms with E-state index >= 15 is 0 Å². The van der Waals surface area contributed by atoms with Crippen LogP contribution in [0.25, 0.3) is 10.8 Å². The lowest BCUT2D eigenvalue weighted by atomic mass is 10.1. The molecule has 0 fully saturated rings. The van der Waals surface area contributed by atoms with E-state index in [1.54, 1.807) is 30.3 Å². The van der Waals surface area contributed by atoms with Gasteiger partial charge in [-0.05, 0) is 29.7 Å². The minimum Gasteiger partial charge on any atom is -0.505 e. The van der Waals surface area contributed by atoms with Crippen LogP contribution in [0.1, 0.15) is 0 Å². The van der Waals surface area contributed by atoms with Crippen molar-refractivity contribution in [2.24, 2.45) is 10.2 Å². The monoisotopic (exact) mass is 343 g/mol. The average molecular weight is 343 g/mol. The summed E-state index contributed by atoms with van der Waals surface area (Å²) in [7, 11) is -4.43. The Labute approximate surface area is 137 Å². The van der Waals surface area contributed by atoms with Gasteiger partial charge in [0.2, 0.25) is 0 Å². The summed E-state index contributed by atoms with van der Waals surface area (Å²) in [6.07, 6.45) is 0. The van der Waals surface area contributed by atoms with Crippen molar-refractivity contribution in [2.45, 2.75) is 4.90 Å². The van der Waals surface area contributed by atoms with E-state index in [2.05, 4.69) is 10.2 Å². The molecule has 0 bridgehead atoms. The van der Waals surface area contributed by atoms with Crippen molar-refractivity contribution in [1.29, 1.82) is 0 Å². The molecule has 4 N–H and O–H groups in total. The number of phenolic OH excluding ortho intramolecular Hbond substituents is 1. The van der Waals surface area contributed by atoms with Gasteiger partial charge < -0.3 is 10.8 Å². The zero-order chi connectivity index (χ0) is 17.3. The fourth-order valence-electron chi connectivity index (χ4n) is 2.32. The van der Waals surface area contributed by atoms with Gasteiger partial charge in [-0.15, -0.1) is 10.2 Å². The van der Waals surface area contributed by atoms with Crippen LogP contribution in [-0.2, 0) is 10.1 Å². The lowest BCUT2D eigenvalue weighted by molar-refractivity contribution is 0.482.